The highest BCUT2D eigenvalue weighted by Gasteiger charge is 2.23. The van der Waals surface area contributed by atoms with Crippen LogP contribution in [0, 0.1) is 6.92 Å². The first-order valence-electron chi connectivity index (χ1n) is 3.55. The number of rotatable bonds is 2. The Kier molecular flexibility index (Phi) is 2.93. The largest absolute Gasteiger partial charge is 0.269 e. The Labute approximate surface area is 80.8 Å². The molecule has 0 aliphatic rings. The lowest BCUT2D eigenvalue weighted by Gasteiger charge is -2.04. The average molecular weight is 223 g/mol. The Bertz CT molecular complexity index is 385. The fraction of sp³-hybridized carbons (Fsp3) is 0.250. The molecule has 0 saturated heterocycles. The van der Waals surface area contributed by atoms with Gasteiger partial charge in [0.2, 0.25) is 5.50 Å². The summed E-state index contributed by atoms with van der Waals surface area (Å²) in [5.74, 6) is 0. The maximum atomic E-state index is 13.1. The van der Waals surface area contributed by atoms with E-state index >= 15 is 0 Å². The minimum absolute atomic E-state index is 0.0561. The van der Waals surface area contributed by atoms with Crippen molar-refractivity contribution in [3.8, 4) is 0 Å². The number of aryl methyl sites for hydroxylation is 1. The van der Waals surface area contributed by atoms with Crippen molar-refractivity contribution in [2.24, 2.45) is 0 Å². The average Bonchev–Trinajstić information content (AvgIpc) is 2.03. The molecule has 1 rings (SSSR count). The second kappa shape index (κ2) is 3.64. The van der Waals surface area contributed by atoms with E-state index in [2.05, 4.69) is 0 Å². The molecular formula is C8H8ClFO2S. The van der Waals surface area contributed by atoms with Gasteiger partial charge < -0.3 is 0 Å². The van der Waals surface area contributed by atoms with Gasteiger partial charge in [0.15, 0.2) is 0 Å². The van der Waals surface area contributed by atoms with Crippen molar-refractivity contribution < 1.29 is 12.8 Å². The van der Waals surface area contributed by atoms with Crippen LogP contribution in [0.3, 0.4) is 0 Å². The Balaban J connectivity index is 3.04. The van der Waals surface area contributed by atoms with Crippen LogP contribution in [0.1, 0.15) is 16.6 Å². The van der Waals surface area contributed by atoms with Crippen LogP contribution in [0.4, 0.5) is 4.39 Å². The number of alkyl halides is 1. The van der Waals surface area contributed by atoms with Crippen molar-refractivity contribution in [2.75, 3.05) is 0 Å². The third-order valence-corrected chi connectivity index (χ3v) is 2.82. The van der Waals surface area contributed by atoms with Crippen LogP contribution in [0.2, 0.25) is 0 Å². The lowest BCUT2D eigenvalue weighted by molar-refractivity contribution is 0.438. The molecule has 1 aromatic carbocycles. The highest BCUT2D eigenvalue weighted by Crippen LogP contribution is 2.26. The molecule has 0 aliphatic heterocycles. The normalized spacial score (nSPS) is 14.1. The van der Waals surface area contributed by atoms with Gasteiger partial charge in [-0.05, 0) is 6.92 Å². The van der Waals surface area contributed by atoms with Gasteiger partial charge in [-0.1, -0.05) is 29.8 Å². The summed E-state index contributed by atoms with van der Waals surface area (Å²) in [4.78, 5) is 0. The Morgan fingerprint density at radius 1 is 1.31 bits per heavy atom. The van der Waals surface area contributed by atoms with E-state index in [0.29, 0.717) is 0 Å². The van der Waals surface area contributed by atoms with Crippen molar-refractivity contribution in [2.45, 2.75) is 12.4 Å². The Morgan fingerprint density at radius 2 is 1.77 bits per heavy atom. The second-order valence-corrected chi connectivity index (χ2v) is 5.36. The van der Waals surface area contributed by atoms with Gasteiger partial charge in [-0.2, -0.15) is 0 Å². The summed E-state index contributed by atoms with van der Waals surface area (Å²) in [5.41, 5.74) is -1.15. The van der Waals surface area contributed by atoms with Gasteiger partial charge in [0.1, 0.15) is 0 Å². The molecule has 0 bridgehead atoms. The van der Waals surface area contributed by atoms with Crippen LogP contribution in [-0.4, -0.2) is 8.42 Å². The van der Waals surface area contributed by atoms with Crippen LogP contribution in [0.5, 0.6) is 0 Å². The van der Waals surface area contributed by atoms with Gasteiger partial charge in [-0.3, -0.25) is 0 Å². The summed E-state index contributed by atoms with van der Waals surface area (Å²) in [6, 6.07) is 6.06. The summed E-state index contributed by atoms with van der Waals surface area (Å²) in [7, 11) is 0.692. The van der Waals surface area contributed by atoms with Crippen LogP contribution in [0.25, 0.3) is 0 Å². The van der Waals surface area contributed by atoms with Gasteiger partial charge in [0.25, 0.3) is 9.05 Å². The molecule has 0 aromatic heterocycles. The fourth-order valence-corrected chi connectivity index (χ4v) is 1.67. The van der Waals surface area contributed by atoms with E-state index < -0.39 is 14.6 Å². The van der Waals surface area contributed by atoms with Gasteiger partial charge >= 0.3 is 0 Å². The molecule has 72 valence electrons. The van der Waals surface area contributed by atoms with E-state index in [1.165, 1.54) is 12.1 Å². The molecule has 1 atom stereocenters. The van der Waals surface area contributed by atoms with E-state index in [-0.39, 0.29) is 5.56 Å². The Morgan fingerprint density at radius 3 is 2.15 bits per heavy atom. The molecule has 5 heteroatoms. The fourth-order valence-electron chi connectivity index (χ4n) is 0.880. The molecule has 13 heavy (non-hydrogen) atoms. The highest BCUT2D eigenvalue weighted by atomic mass is 35.7. The predicted molar refractivity (Wildman–Crippen MR) is 49.8 cm³/mol. The molecule has 0 heterocycles. The van der Waals surface area contributed by atoms with Crippen molar-refractivity contribution in [3.63, 3.8) is 0 Å². The Hall–Kier alpha value is -0.610. The number of hydrogen-bond acceptors (Lipinski definition) is 2. The minimum atomic E-state index is -4.16. The van der Waals surface area contributed by atoms with Crippen molar-refractivity contribution in [3.05, 3.63) is 35.4 Å². The third kappa shape index (κ3) is 2.67. The molecule has 0 spiro atoms. The second-order valence-electron chi connectivity index (χ2n) is 2.70. The summed E-state index contributed by atoms with van der Waals surface area (Å²) < 4.78 is 34.3. The van der Waals surface area contributed by atoms with Crippen LogP contribution in [0.15, 0.2) is 24.3 Å². The summed E-state index contributed by atoms with van der Waals surface area (Å²) in [6.45, 7) is 1.83. The summed E-state index contributed by atoms with van der Waals surface area (Å²) in [6.07, 6.45) is 0. The monoisotopic (exact) mass is 222 g/mol. The van der Waals surface area contributed by atoms with E-state index in [4.69, 9.17) is 10.7 Å². The molecule has 2 nitrogen and oxygen atoms in total. The highest BCUT2D eigenvalue weighted by molar-refractivity contribution is 8.13. The smallest absolute Gasteiger partial charge is 0.223 e. The van der Waals surface area contributed by atoms with Gasteiger partial charge in [0.05, 0.1) is 0 Å². The van der Waals surface area contributed by atoms with Gasteiger partial charge in [0, 0.05) is 16.2 Å². The molecular weight excluding hydrogens is 215 g/mol. The molecule has 1 aromatic rings. The maximum Gasteiger partial charge on any atom is 0.269 e. The zero-order valence-electron chi connectivity index (χ0n) is 6.87. The quantitative estimate of drug-likeness (QED) is 0.721. The molecule has 0 radical (unpaired) electrons. The third-order valence-electron chi connectivity index (χ3n) is 1.59. The van der Waals surface area contributed by atoms with Crippen LogP contribution < -0.4 is 0 Å². The first-order valence-corrected chi connectivity index (χ1v) is 5.92. The van der Waals surface area contributed by atoms with Crippen LogP contribution >= 0.6 is 10.7 Å². The molecule has 1 unspecified atom stereocenters. The predicted octanol–water partition coefficient (Wildman–Crippen LogP) is 2.53. The lowest BCUT2D eigenvalue weighted by atomic mass is 10.2. The van der Waals surface area contributed by atoms with E-state index in [9.17, 15) is 12.8 Å². The van der Waals surface area contributed by atoms with Crippen LogP contribution in [-0.2, 0) is 9.05 Å². The zero-order chi connectivity index (χ0) is 10.1. The van der Waals surface area contributed by atoms with Gasteiger partial charge in [-0.25, -0.2) is 12.8 Å². The van der Waals surface area contributed by atoms with E-state index in [0.717, 1.165) is 5.56 Å². The summed E-state index contributed by atoms with van der Waals surface area (Å²) in [5, 5.41) is 0. The standard InChI is InChI=1S/C8H8ClFO2S/c1-6-2-4-7(5-3-6)8(10)13(9,11)12/h2-5,8H,1H3. The van der Waals surface area contributed by atoms with Gasteiger partial charge in [-0.15, -0.1) is 0 Å². The zero-order valence-corrected chi connectivity index (χ0v) is 8.44. The van der Waals surface area contributed by atoms with E-state index in [1.54, 1.807) is 12.1 Å². The van der Waals surface area contributed by atoms with Crippen molar-refractivity contribution in [1.82, 2.24) is 0 Å². The SMILES string of the molecule is Cc1ccc(C(F)S(=O)(=O)Cl)cc1. The topological polar surface area (TPSA) is 34.1 Å². The first-order chi connectivity index (χ1) is 5.91. The van der Waals surface area contributed by atoms with Crippen molar-refractivity contribution >= 4 is 19.7 Å². The number of hydrogen-bond donors (Lipinski definition) is 0. The molecule has 0 N–H and O–H groups in total. The van der Waals surface area contributed by atoms with Crippen molar-refractivity contribution in [1.29, 1.82) is 0 Å². The van der Waals surface area contributed by atoms with E-state index in [1.807, 2.05) is 6.92 Å². The minimum Gasteiger partial charge on any atom is -0.223 e. The molecule has 0 aliphatic carbocycles. The lowest BCUT2D eigenvalue weighted by Crippen LogP contribution is -2.00. The molecule has 0 amide bonds. The summed E-state index contributed by atoms with van der Waals surface area (Å²) >= 11 is 0. The number of benzene rings is 1. The molecule has 0 saturated carbocycles. The maximum absolute atomic E-state index is 13.1. The first kappa shape index (κ1) is 10.5. The number of halogens is 2. The molecule has 0 fully saturated rings.